The number of carbonyl (C=O) groups is 1. The van der Waals surface area contributed by atoms with Crippen LogP contribution in [0.4, 0.5) is 0 Å². The van der Waals surface area contributed by atoms with E-state index in [0.29, 0.717) is 17.0 Å². The summed E-state index contributed by atoms with van der Waals surface area (Å²) in [4.78, 5) is 12.8. The molecule has 2 fully saturated rings. The third-order valence-electron chi connectivity index (χ3n) is 5.88. The van der Waals surface area contributed by atoms with E-state index in [2.05, 4.69) is 27.8 Å². The second-order valence-corrected chi connectivity index (χ2v) is 7.77. The summed E-state index contributed by atoms with van der Waals surface area (Å²) in [5, 5.41) is 30.0. The highest BCUT2D eigenvalue weighted by molar-refractivity contribution is 5.94. The number of nitrogens with one attached hydrogen (secondary N) is 1. The number of rotatable bonds is 5. The van der Waals surface area contributed by atoms with Crippen LogP contribution in [0.1, 0.15) is 72.6 Å². The van der Waals surface area contributed by atoms with Gasteiger partial charge in [-0.15, -0.1) is 5.10 Å². The first-order valence-electron chi connectivity index (χ1n) is 9.80. The van der Waals surface area contributed by atoms with Crippen molar-refractivity contribution >= 4 is 5.91 Å². The van der Waals surface area contributed by atoms with Gasteiger partial charge in [0.2, 0.25) is 0 Å². The average molecular weight is 374 g/mol. The molecule has 1 aromatic carbocycles. The smallest absolute Gasteiger partial charge is 0.251 e. The van der Waals surface area contributed by atoms with Crippen molar-refractivity contribution in [3.63, 3.8) is 0 Å². The van der Waals surface area contributed by atoms with Gasteiger partial charge in [-0.1, -0.05) is 24.5 Å². The summed E-state index contributed by atoms with van der Waals surface area (Å²) in [5.74, 6) is 0.120. The molecule has 1 heterocycles. The van der Waals surface area contributed by atoms with Gasteiger partial charge in [-0.2, -0.15) is 10.5 Å². The first-order valence-corrected chi connectivity index (χ1v) is 9.80. The molecule has 2 aromatic rings. The lowest BCUT2D eigenvalue weighted by atomic mass is 9.82. The molecule has 2 aliphatic rings. The second kappa shape index (κ2) is 7.44. The number of benzene rings is 1. The van der Waals surface area contributed by atoms with Gasteiger partial charge in [0.15, 0.2) is 5.54 Å². The summed E-state index contributed by atoms with van der Waals surface area (Å²) in [5.41, 5.74) is 1.20. The minimum atomic E-state index is -0.556. The van der Waals surface area contributed by atoms with Crippen molar-refractivity contribution in [1.29, 1.82) is 10.5 Å². The molecule has 0 radical (unpaired) electrons. The number of nitriles is 2. The van der Waals surface area contributed by atoms with Crippen LogP contribution in [-0.2, 0) is 5.54 Å². The standard InChI is InChI=1S/C21H22N6O/c22-12-15-6-8-17(9-7-15)20(28)24-19(16-4-2-1-3-5-16)18-13-27(26-25-18)21(14-23)10-11-21/h6-9,13,16,19H,1-5,10-11H2,(H,24,28)/t19-/m0/s1. The van der Waals surface area contributed by atoms with Crippen molar-refractivity contribution in [2.24, 2.45) is 5.92 Å². The SMILES string of the molecule is N#Cc1ccc(C(=O)N[C@H](c2cn(C3(C#N)CC3)nn2)C2CCCCC2)cc1. The van der Waals surface area contributed by atoms with E-state index in [9.17, 15) is 10.1 Å². The van der Waals surface area contributed by atoms with Gasteiger partial charge in [0.25, 0.3) is 5.91 Å². The molecule has 0 spiro atoms. The minimum absolute atomic E-state index is 0.184. The zero-order valence-electron chi connectivity index (χ0n) is 15.6. The fraction of sp³-hybridized carbons (Fsp3) is 0.476. The number of hydrogen-bond acceptors (Lipinski definition) is 5. The number of amides is 1. The Morgan fingerprint density at radius 3 is 2.50 bits per heavy atom. The van der Waals surface area contributed by atoms with Crippen molar-refractivity contribution < 1.29 is 4.79 Å². The van der Waals surface area contributed by atoms with Crippen LogP contribution in [0.25, 0.3) is 0 Å². The van der Waals surface area contributed by atoms with E-state index in [-0.39, 0.29) is 11.9 Å². The number of carbonyl (C=O) groups excluding carboxylic acids is 1. The van der Waals surface area contributed by atoms with Crippen LogP contribution in [0.5, 0.6) is 0 Å². The monoisotopic (exact) mass is 374 g/mol. The molecule has 0 unspecified atom stereocenters. The largest absolute Gasteiger partial charge is 0.343 e. The molecule has 0 bridgehead atoms. The highest BCUT2D eigenvalue weighted by Crippen LogP contribution is 2.42. The van der Waals surface area contributed by atoms with Gasteiger partial charge >= 0.3 is 0 Å². The lowest BCUT2D eigenvalue weighted by molar-refractivity contribution is 0.0911. The molecule has 28 heavy (non-hydrogen) atoms. The van der Waals surface area contributed by atoms with Gasteiger partial charge in [-0.3, -0.25) is 4.79 Å². The van der Waals surface area contributed by atoms with E-state index in [4.69, 9.17) is 5.26 Å². The summed E-state index contributed by atoms with van der Waals surface area (Å²) < 4.78 is 1.66. The van der Waals surface area contributed by atoms with Crippen LogP contribution >= 0.6 is 0 Å². The lowest BCUT2D eigenvalue weighted by Gasteiger charge is -2.29. The second-order valence-electron chi connectivity index (χ2n) is 7.77. The maximum atomic E-state index is 12.8. The Balaban J connectivity index is 1.58. The van der Waals surface area contributed by atoms with Crippen molar-refractivity contribution in [2.45, 2.75) is 56.5 Å². The molecule has 142 valence electrons. The van der Waals surface area contributed by atoms with Crippen molar-refractivity contribution in [3.8, 4) is 12.1 Å². The van der Waals surface area contributed by atoms with E-state index in [1.807, 2.05) is 6.20 Å². The Morgan fingerprint density at radius 2 is 1.89 bits per heavy atom. The Kier molecular flexibility index (Phi) is 4.83. The van der Waals surface area contributed by atoms with Gasteiger partial charge in [-0.05, 0) is 55.9 Å². The van der Waals surface area contributed by atoms with Gasteiger partial charge in [0, 0.05) is 5.56 Å². The Hall–Kier alpha value is -3.19. The van der Waals surface area contributed by atoms with Crippen LogP contribution in [0.2, 0.25) is 0 Å². The molecule has 2 aliphatic carbocycles. The zero-order valence-corrected chi connectivity index (χ0v) is 15.6. The predicted octanol–water partition coefficient (Wildman–Crippen LogP) is 3.21. The van der Waals surface area contributed by atoms with Gasteiger partial charge in [0.1, 0.15) is 5.69 Å². The summed E-state index contributed by atoms with van der Waals surface area (Å²) in [6.45, 7) is 0. The van der Waals surface area contributed by atoms with E-state index in [0.717, 1.165) is 44.2 Å². The highest BCUT2D eigenvalue weighted by Gasteiger charge is 2.47. The number of hydrogen-bond donors (Lipinski definition) is 1. The summed E-state index contributed by atoms with van der Waals surface area (Å²) in [7, 11) is 0. The zero-order chi connectivity index (χ0) is 19.6. The topological polar surface area (TPSA) is 107 Å². The first kappa shape index (κ1) is 18.2. The summed E-state index contributed by atoms with van der Waals surface area (Å²) in [6, 6.07) is 10.8. The summed E-state index contributed by atoms with van der Waals surface area (Å²) >= 11 is 0. The van der Waals surface area contributed by atoms with Crippen LogP contribution in [-0.4, -0.2) is 20.9 Å². The molecule has 1 amide bonds. The quantitative estimate of drug-likeness (QED) is 0.864. The van der Waals surface area contributed by atoms with E-state index >= 15 is 0 Å². The highest BCUT2D eigenvalue weighted by atomic mass is 16.1. The number of nitrogens with zero attached hydrogens (tertiary/aromatic N) is 5. The number of aromatic nitrogens is 3. The molecule has 7 heteroatoms. The van der Waals surface area contributed by atoms with Crippen molar-refractivity contribution in [3.05, 3.63) is 47.3 Å². The molecule has 0 aliphatic heterocycles. The maximum Gasteiger partial charge on any atom is 0.251 e. The molecule has 0 saturated heterocycles. The Labute approximate surface area is 164 Å². The van der Waals surface area contributed by atoms with E-state index in [1.54, 1.807) is 28.9 Å². The van der Waals surface area contributed by atoms with Crippen LogP contribution in [0.15, 0.2) is 30.5 Å². The predicted molar refractivity (Wildman–Crippen MR) is 101 cm³/mol. The molecular formula is C21H22N6O. The normalized spacial score (nSPS) is 19.2. The van der Waals surface area contributed by atoms with E-state index < -0.39 is 5.54 Å². The van der Waals surface area contributed by atoms with Crippen LogP contribution < -0.4 is 5.32 Å². The van der Waals surface area contributed by atoms with Gasteiger partial charge in [0.05, 0.1) is 29.9 Å². The van der Waals surface area contributed by atoms with Crippen molar-refractivity contribution in [1.82, 2.24) is 20.3 Å². The van der Waals surface area contributed by atoms with Gasteiger partial charge in [-0.25, -0.2) is 4.68 Å². The fourth-order valence-corrected chi connectivity index (χ4v) is 3.96. The minimum Gasteiger partial charge on any atom is -0.343 e. The van der Waals surface area contributed by atoms with Gasteiger partial charge < -0.3 is 5.32 Å². The Morgan fingerprint density at radius 1 is 1.18 bits per heavy atom. The molecule has 4 rings (SSSR count). The van der Waals surface area contributed by atoms with Crippen LogP contribution in [0.3, 0.4) is 0 Å². The molecule has 2 saturated carbocycles. The molecular weight excluding hydrogens is 352 g/mol. The molecule has 1 N–H and O–H groups in total. The summed E-state index contributed by atoms with van der Waals surface area (Å²) in [6.07, 6.45) is 8.99. The first-order chi connectivity index (χ1) is 13.6. The van der Waals surface area contributed by atoms with Crippen molar-refractivity contribution in [2.75, 3.05) is 0 Å². The molecule has 7 nitrogen and oxygen atoms in total. The van der Waals surface area contributed by atoms with E-state index in [1.165, 1.54) is 6.42 Å². The fourth-order valence-electron chi connectivity index (χ4n) is 3.96. The lowest BCUT2D eigenvalue weighted by Crippen LogP contribution is -2.34. The average Bonchev–Trinajstić information content (AvgIpc) is 3.41. The third kappa shape index (κ3) is 3.48. The molecule has 1 aromatic heterocycles. The Bertz CT molecular complexity index is 939. The third-order valence-corrected chi connectivity index (χ3v) is 5.88. The molecule has 1 atom stereocenters. The maximum absolute atomic E-state index is 12.8. The van der Waals surface area contributed by atoms with Crippen LogP contribution in [0, 0.1) is 28.6 Å².